The van der Waals surface area contributed by atoms with Gasteiger partial charge in [-0.15, -0.1) is 24.0 Å². The van der Waals surface area contributed by atoms with Crippen LogP contribution in [0.2, 0.25) is 0 Å². The van der Waals surface area contributed by atoms with Gasteiger partial charge in [-0.1, -0.05) is 28.1 Å². The molecule has 0 bridgehead atoms. The minimum Gasteiger partial charge on any atom is -0.383 e. The van der Waals surface area contributed by atoms with E-state index in [4.69, 9.17) is 0 Å². The molecule has 0 radical (unpaired) electrons. The van der Waals surface area contributed by atoms with Crippen molar-refractivity contribution in [3.8, 4) is 0 Å². The number of hydrogen-bond acceptors (Lipinski definition) is 3. The highest BCUT2D eigenvalue weighted by Crippen LogP contribution is 2.41. The first kappa shape index (κ1) is 22.2. The van der Waals surface area contributed by atoms with Gasteiger partial charge in [-0.3, -0.25) is 4.68 Å². The van der Waals surface area contributed by atoms with Crippen LogP contribution >= 0.6 is 39.9 Å². The number of benzene rings is 1. The summed E-state index contributed by atoms with van der Waals surface area (Å²) in [6, 6.07) is 8.85. The lowest BCUT2D eigenvalue weighted by atomic mass is 10.0. The molecule has 148 valence electrons. The van der Waals surface area contributed by atoms with E-state index >= 15 is 0 Å². The summed E-state index contributed by atoms with van der Waals surface area (Å²) >= 11 is 3.48. The fourth-order valence-electron chi connectivity index (χ4n) is 2.95. The number of aliphatic hydroxyl groups is 1. The molecular weight excluding hydrogens is 521 g/mol. The Balaban J connectivity index is 0.00000261. The fourth-order valence-corrected chi connectivity index (χ4v) is 3.22. The molecular formula is C19H27BrIN5O. The van der Waals surface area contributed by atoms with Crippen LogP contribution < -0.4 is 10.6 Å². The number of aromatic nitrogens is 2. The Bertz CT molecular complexity index is 775. The SMILES string of the molecule is CCNC(=NCC(C)(O)c1cnn(C)c1)NC1CC1c1ccc(Br)cc1.I. The van der Waals surface area contributed by atoms with Gasteiger partial charge in [0.05, 0.1) is 12.7 Å². The van der Waals surface area contributed by atoms with Crippen LogP contribution in [0.25, 0.3) is 0 Å². The first-order valence-electron chi connectivity index (χ1n) is 8.91. The largest absolute Gasteiger partial charge is 0.383 e. The van der Waals surface area contributed by atoms with Crippen LogP contribution in [0.4, 0.5) is 0 Å². The van der Waals surface area contributed by atoms with Gasteiger partial charge in [0.15, 0.2) is 5.96 Å². The Kier molecular flexibility index (Phi) is 7.70. The first-order chi connectivity index (χ1) is 12.4. The Morgan fingerprint density at radius 2 is 2.11 bits per heavy atom. The second kappa shape index (κ2) is 9.38. The van der Waals surface area contributed by atoms with Gasteiger partial charge in [0.25, 0.3) is 0 Å². The molecule has 1 saturated carbocycles. The van der Waals surface area contributed by atoms with Crippen LogP contribution in [0.1, 0.15) is 37.3 Å². The van der Waals surface area contributed by atoms with Crippen molar-refractivity contribution in [2.75, 3.05) is 13.1 Å². The molecule has 2 aromatic rings. The average molecular weight is 548 g/mol. The molecule has 1 fully saturated rings. The molecule has 3 N–H and O–H groups in total. The maximum atomic E-state index is 10.7. The van der Waals surface area contributed by atoms with E-state index in [1.807, 2.05) is 20.2 Å². The fraction of sp³-hybridized carbons (Fsp3) is 0.474. The summed E-state index contributed by atoms with van der Waals surface area (Å²) in [4.78, 5) is 4.59. The zero-order valence-corrected chi connectivity index (χ0v) is 19.7. The van der Waals surface area contributed by atoms with Gasteiger partial charge in [0.2, 0.25) is 0 Å². The molecule has 0 aliphatic heterocycles. The minimum absolute atomic E-state index is 0. The smallest absolute Gasteiger partial charge is 0.191 e. The molecule has 1 aromatic carbocycles. The second-order valence-electron chi connectivity index (χ2n) is 7.02. The molecule has 3 rings (SSSR count). The van der Waals surface area contributed by atoms with Gasteiger partial charge in [0, 0.05) is 41.8 Å². The summed E-state index contributed by atoms with van der Waals surface area (Å²) in [5, 5.41) is 21.6. The minimum atomic E-state index is -1.05. The third-order valence-electron chi connectivity index (χ3n) is 4.63. The highest BCUT2D eigenvalue weighted by molar-refractivity contribution is 14.0. The first-order valence-corrected chi connectivity index (χ1v) is 9.70. The van der Waals surface area contributed by atoms with Crippen LogP contribution in [0.15, 0.2) is 46.1 Å². The van der Waals surface area contributed by atoms with Crippen molar-refractivity contribution >= 4 is 45.9 Å². The van der Waals surface area contributed by atoms with E-state index in [9.17, 15) is 5.11 Å². The van der Waals surface area contributed by atoms with E-state index in [2.05, 4.69) is 60.9 Å². The molecule has 0 amide bonds. The summed E-state index contributed by atoms with van der Waals surface area (Å²) in [5.74, 6) is 1.24. The summed E-state index contributed by atoms with van der Waals surface area (Å²) < 4.78 is 2.78. The molecule has 1 aliphatic carbocycles. The summed E-state index contributed by atoms with van der Waals surface area (Å²) in [6.45, 7) is 4.84. The third kappa shape index (κ3) is 5.92. The van der Waals surface area contributed by atoms with Gasteiger partial charge in [-0.2, -0.15) is 5.10 Å². The van der Waals surface area contributed by atoms with Crippen molar-refractivity contribution in [3.63, 3.8) is 0 Å². The summed E-state index contributed by atoms with van der Waals surface area (Å²) in [7, 11) is 1.84. The molecule has 8 heteroatoms. The number of nitrogens with one attached hydrogen (secondary N) is 2. The number of halogens is 2. The molecule has 6 nitrogen and oxygen atoms in total. The van der Waals surface area contributed by atoms with Gasteiger partial charge in [0.1, 0.15) is 5.60 Å². The van der Waals surface area contributed by atoms with Crippen LogP contribution in [-0.2, 0) is 12.6 Å². The molecule has 3 atom stereocenters. The molecule has 1 heterocycles. The lowest BCUT2D eigenvalue weighted by Crippen LogP contribution is -2.40. The third-order valence-corrected chi connectivity index (χ3v) is 5.16. The van der Waals surface area contributed by atoms with E-state index in [0.717, 1.165) is 29.0 Å². The number of guanidine groups is 1. The van der Waals surface area contributed by atoms with Crippen molar-refractivity contribution in [1.82, 2.24) is 20.4 Å². The van der Waals surface area contributed by atoms with Gasteiger partial charge >= 0.3 is 0 Å². The lowest BCUT2D eigenvalue weighted by molar-refractivity contribution is 0.0671. The average Bonchev–Trinajstić information content (AvgIpc) is 3.22. The van der Waals surface area contributed by atoms with E-state index in [-0.39, 0.29) is 30.5 Å². The van der Waals surface area contributed by atoms with Gasteiger partial charge in [-0.05, 0) is 38.0 Å². The Labute approximate surface area is 186 Å². The van der Waals surface area contributed by atoms with Crippen molar-refractivity contribution < 1.29 is 5.11 Å². The van der Waals surface area contributed by atoms with Crippen molar-refractivity contribution in [2.45, 2.75) is 37.8 Å². The van der Waals surface area contributed by atoms with E-state index in [1.165, 1.54) is 5.56 Å². The number of aryl methyl sites for hydroxylation is 1. The Hall–Kier alpha value is -1.13. The molecule has 1 aliphatic rings. The molecule has 0 spiro atoms. The van der Waals surface area contributed by atoms with Crippen LogP contribution in [0.3, 0.4) is 0 Å². The standard InChI is InChI=1S/C19H26BrN5O.HI/c1-4-21-18(22-12-19(2,26)14-10-23-25(3)11-14)24-17-9-16(17)13-5-7-15(20)8-6-13;/h5-8,10-11,16-17,26H,4,9,12H2,1-3H3,(H2,21,22,24);1H. The molecule has 27 heavy (non-hydrogen) atoms. The Morgan fingerprint density at radius 3 is 2.70 bits per heavy atom. The van der Waals surface area contributed by atoms with E-state index < -0.39 is 5.60 Å². The topological polar surface area (TPSA) is 74.5 Å². The van der Waals surface area contributed by atoms with Crippen LogP contribution in [0.5, 0.6) is 0 Å². The summed E-state index contributed by atoms with van der Waals surface area (Å²) in [6.07, 6.45) is 4.59. The highest BCUT2D eigenvalue weighted by Gasteiger charge is 2.39. The predicted octanol–water partition coefficient (Wildman–Crippen LogP) is 3.12. The van der Waals surface area contributed by atoms with E-state index in [1.54, 1.807) is 17.8 Å². The maximum absolute atomic E-state index is 10.7. The summed E-state index contributed by atoms with van der Waals surface area (Å²) in [5.41, 5.74) is 1.05. The lowest BCUT2D eigenvalue weighted by Gasteiger charge is -2.20. The Morgan fingerprint density at radius 1 is 1.41 bits per heavy atom. The monoisotopic (exact) mass is 547 g/mol. The maximum Gasteiger partial charge on any atom is 0.191 e. The number of rotatable bonds is 6. The molecule has 3 unspecified atom stereocenters. The zero-order chi connectivity index (χ0) is 18.7. The van der Waals surface area contributed by atoms with Crippen LogP contribution in [-0.4, -0.2) is 40.0 Å². The molecule has 1 aromatic heterocycles. The zero-order valence-electron chi connectivity index (χ0n) is 15.8. The van der Waals surface area contributed by atoms with Crippen molar-refractivity contribution in [3.05, 3.63) is 52.3 Å². The predicted molar refractivity (Wildman–Crippen MR) is 123 cm³/mol. The quantitative estimate of drug-likeness (QED) is 0.295. The molecule has 0 saturated heterocycles. The number of hydrogen-bond donors (Lipinski definition) is 3. The number of nitrogens with zero attached hydrogens (tertiary/aromatic N) is 3. The van der Waals surface area contributed by atoms with Crippen molar-refractivity contribution in [2.24, 2.45) is 12.0 Å². The van der Waals surface area contributed by atoms with Gasteiger partial charge in [-0.25, -0.2) is 4.99 Å². The van der Waals surface area contributed by atoms with Crippen LogP contribution in [0, 0.1) is 0 Å². The second-order valence-corrected chi connectivity index (χ2v) is 7.93. The van der Waals surface area contributed by atoms with Crippen molar-refractivity contribution in [1.29, 1.82) is 0 Å². The highest BCUT2D eigenvalue weighted by atomic mass is 127. The van der Waals surface area contributed by atoms with Gasteiger partial charge < -0.3 is 15.7 Å². The normalized spacial score (nSPS) is 21.1. The number of aliphatic imine (C=N–C) groups is 1. The van der Waals surface area contributed by atoms with E-state index in [0.29, 0.717) is 12.0 Å².